The lowest BCUT2D eigenvalue weighted by atomic mass is 10.1. The summed E-state index contributed by atoms with van der Waals surface area (Å²) in [5, 5.41) is 2.83. The molecule has 1 N–H and O–H groups in total. The number of hydrogen-bond donors (Lipinski definition) is 1. The number of nitrogens with zero attached hydrogens (tertiary/aromatic N) is 1. The van der Waals surface area contributed by atoms with Gasteiger partial charge in [-0.3, -0.25) is 4.79 Å². The number of piperidine rings is 1. The average Bonchev–Trinajstić information content (AvgIpc) is 2.71. The Morgan fingerprint density at radius 1 is 1.07 bits per heavy atom. The Morgan fingerprint density at radius 3 is 2.48 bits per heavy atom. The number of carbonyl (C=O) groups is 1. The molecule has 3 rings (SSSR count). The molecule has 1 fully saturated rings. The van der Waals surface area contributed by atoms with Gasteiger partial charge < -0.3 is 10.1 Å². The van der Waals surface area contributed by atoms with E-state index in [1.165, 1.54) is 10.4 Å². The largest absolute Gasteiger partial charge is 0.492 e. The van der Waals surface area contributed by atoms with Crippen LogP contribution in [0, 0.1) is 13.8 Å². The molecule has 0 saturated carbocycles. The van der Waals surface area contributed by atoms with Gasteiger partial charge in [-0.2, -0.15) is 4.31 Å². The predicted octanol–water partition coefficient (Wildman–Crippen LogP) is 4.13. The summed E-state index contributed by atoms with van der Waals surface area (Å²) in [4.78, 5) is 12.9. The number of benzene rings is 2. The maximum atomic E-state index is 13.2. The molecule has 1 aliphatic rings. The Hall–Kier alpha value is -2.38. The number of aryl methyl sites for hydroxylation is 2. The highest BCUT2D eigenvalue weighted by molar-refractivity contribution is 7.89. The van der Waals surface area contributed by atoms with Gasteiger partial charge in [-0.25, -0.2) is 8.42 Å². The lowest BCUT2D eigenvalue weighted by molar-refractivity contribution is 0.102. The monoisotopic (exact) mass is 416 g/mol. The van der Waals surface area contributed by atoms with E-state index in [1.807, 2.05) is 39.0 Å². The second-order valence-corrected chi connectivity index (χ2v) is 9.24. The lowest BCUT2D eigenvalue weighted by Crippen LogP contribution is -2.35. The molecule has 2 aromatic rings. The van der Waals surface area contributed by atoms with Crippen LogP contribution >= 0.6 is 0 Å². The SMILES string of the molecule is CCOc1ccc(NC(=O)c2cc(C)ccc2C)cc1S(=O)(=O)N1CCCCC1. The van der Waals surface area contributed by atoms with Crippen molar-refractivity contribution < 1.29 is 17.9 Å². The summed E-state index contributed by atoms with van der Waals surface area (Å²) in [6, 6.07) is 10.5. The minimum absolute atomic E-state index is 0.0972. The quantitative estimate of drug-likeness (QED) is 0.768. The predicted molar refractivity (Wildman–Crippen MR) is 114 cm³/mol. The summed E-state index contributed by atoms with van der Waals surface area (Å²) in [6.45, 7) is 6.99. The summed E-state index contributed by atoms with van der Waals surface area (Å²) < 4.78 is 33.5. The van der Waals surface area contributed by atoms with Crippen LogP contribution in [0.4, 0.5) is 5.69 Å². The first-order chi connectivity index (χ1) is 13.8. The summed E-state index contributed by atoms with van der Waals surface area (Å²) in [7, 11) is -3.70. The molecule has 156 valence electrons. The minimum Gasteiger partial charge on any atom is -0.492 e. The van der Waals surface area contributed by atoms with Crippen molar-refractivity contribution in [2.24, 2.45) is 0 Å². The highest BCUT2D eigenvalue weighted by Gasteiger charge is 2.29. The molecule has 6 nitrogen and oxygen atoms in total. The van der Waals surface area contributed by atoms with E-state index in [-0.39, 0.29) is 10.8 Å². The van der Waals surface area contributed by atoms with Crippen LogP contribution in [0.25, 0.3) is 0 Å². The molecule has 0 spiro atoms. The van der Waals surface area contributed by atoms with Crippen LogP contribution in [0.15, 0.2) is 41.3 Å². The highest BCUT2D eigenvalue weighted by atomic mass is 32.2. The van der Waals surface area contributed by atoms with Crippen molar-refractivity contribution in [1.82, 2.24) is 4.31 Å². The first kappa shape index (κ1) is 21.3. The molecule has 0 unspecified atom stereocenters. The fourth-order valence-corrected chi connectivity index (χ4v) is 5.16. The van der Waals surface area contributed by atoms with Crippen molar-refractivity contribution in [3.05, 3.63) is 53.1 Å². The first-order valence-corrected chi connectivity index (χ1v) is 11.4. The van der Waals surface area contributed by atoms with E-state index < -0.39 is 10.0 Å². The van der Waals surface area contributed by atoms with E-state index in [1.54, 1.807) is 12.1 Å². The van der Waals surface area contributed by atoms with Gasteiger partial charge in [0.05, 0.1) is 6.61 Å². The summed E-state index contributed by atoms with van der Waals surface area (Å²) in [5.74, 6) is 0.0412. The van der Waals surface area contributed by atoms with Crippen LogP contribution in [0.5, 0.6) is 5.75 Å². The molecule has 29 heavy (non-hydrogen) atoms. The van der Waals surface area contributed by atoms with Gasteiger partial charge in [-0.1, -0.05) is 24.1 Å². The third-order valence-corrected chi connectivity index (χ3v) is 6.99. The molecule has 0 atom stereocenters. The number of sulfonamides is 1. The van der Waals surface area contributed by atoms with Gasteiger partial charge in [0.25, 0.3) is 5.91 Å². The second kappa shape index (κ2) is 8.97. The Bertz CT molecular complexity index is 996. The van der Waals surface area contributed by atoms with Crippen molar-refractivity contribution in [3.63, 3.8) is 0 Å². The first-order valence-electron chi connectivity index (χ1n) is 9.98. The van der Waals surface area contributed by atoms with Gasteiger partial charge in [-0.05, 0) is 63.4 Å². The third kappa shape index (κ3) is 4.79. The highest BCUT2D eigenvalue weighted by Crippen LogP contribution is 2.31. The summed E-state index contributed by atoms with van der Waals surface area (Å²) in [6.07, 6.45) is 2.74. The van der Waals surface area contributed by atoms with Crippen LogP contribution in [-0.2, 0) is 10.0 Å². The molecule has 2 aromatic carbocycles. The van der Waals surface area contributed by atoms with Crippen molar-refractivity contribution in [2.45, 2.75) is 44.9 Å². The van der Waals surface area contributed by atoms with Gasteiger partial charge >= 0.3 is 0 Å². The van der Waals surface area contributed by atoms with E-state index in [9.17, 15) is 13.2 Å². The maximum Gasteiger partial charge on any atom is 0.255 e. The Morgan fingerprint density at radius 2 is 1.79 bits per heavy atom. The smallest absolute Gasteiger partial charge is 0.255 e. The molecule has 0 aromatic heterocycles. The van der Waals surface area contributed by atoms with Gasteiger partial charge in [-0.15, -0.1) is 0 Å². The average molecular weight is 417 g/mol. The standard InChI is InChI=1S/C22H28N2O4S/c1-4-28-20-11-10-18(23-22(25)19-14-16(2)8-9-17(19)3)15-21(20)29(26,27)24-12-6-5-7-13-24/h8-11,14-15H,4-7,12-13H2,1-3H3,(H,23,25). The number of nitrogens with one attached hydrogen (secondary N) is 1. The van der Waals surface area contributed by atoms with E-state index in [2.05, 4.69) is 5.32 Å². The molecule has 1 amide bonds. The maximum absolute atomic E-state index is 13.2. The normalized spacial score (nSPS) is 15.1. The van der Waals surface area contributed by atoms with E-state index >= 15 is 0 Å². The summed E-state index contributed by atoms with van der Waals surface area (Å²) in [5.41, 5.74) is 2.84. The number of carbonyl (C=O) groups excluding carboxylic acids is 1. The molecule has 1 heterocycles. The van der Waals surface area contributed by atoms with E-state index in [0.29, 0.717) is 36.7 Å². The Kier molecular flexibility index (Phi) is 6.59. The fraction of sp³-hybridized carbons (Fsp3) is 0.409. The molecule has 0 aliphatic carbocycles. The molecule has 1 aliphatic heterocycles. The number of ether oxygens (including phenoxy) is 1. The van der Waals surface area contributed by atoms with Gasteiger partial charge in [0.2, 0.25) is 10.0 Å². The van der Waals surface area contributed by atoms with Crippen LogP contribution in [0.1, 0.15) is 47.7 Å². The van der Waals surface area contributed by atoms with Crippen molar-refractivity contribution in [2.75, 3.05) is 25.0 Å². The van der Waals surface area contributed by atoms with Crippen molar-refractivity contribution >= 4 is 21.6 Å². The van der Waals surface area contributed by atoms with Gasteiger partial charge in [0.1, 0.15) is 10.6 Å². The summed E-state index contributed by atoms with van der Waals surface area (Å²) >= 11 is 0. The van der Waals surface area contributed by atoms with Gasteiger partial charge in [0, 0.05) is 24.3 Å². The van der Waals surface area contributed by atoms with Crippen LogP contribution in [0.3, 0.4) is 0 Å². The van der Waals surface area contributed by atoms with E-state index in [4.69, 9.17) is 4.74 Å². The second-order valence-electron chi connectivity index (χ2n) is 7.33. The van der Waals surface area contributed by atoms with Gasteiger partial charge in [0.15, 0.2) is 0 Å². The van der Waals surface area contributed by atoms with Crippen LogP contribution < -0.4 is 10.1 Å². The lowest BCUT2D eigenvalue weighted by Gasteiger charge is -2.27. The molecule has 0 bridgehead atoms. The Balaban J connectivity index is 1.94. The van der Waals surface area contributed by atoms with Crippen molar-refractivity contribution in [1.29, 1.82) is 0 Å². The number of rotatable bonds is 6. The Labute approximate surface area is 172 Å². The van der Waals surface area contributed by atoms with E-state index in [0.717, 1.165) is 30.4 Å². The molecule has 7 heteroatoms. The fourth-order valence-electron chi connectivity index (χ4n) is 3.49. The zero-order valence-corrected chi connectivity index (χ0v) is 18.0. The molecular weight excluding hydrogens is 388 g/mol. The molecular formula is C22H28N2O4S. The minimum atomic E-state index is -3.70. The molecule has 0 radical (unpaired) electrons. The van der Waals surface area contributed by atoms with Crippen LogP contribution in [-0.4, -0.2) is 38.3 Å². The molecule has 1 saturated heterocycles. The number of hydrogen-bond acceptors (Lipinski definition) is 4. The number of amides is 1. The zero-order chi connectivity index (χ0) is 21.0. The third-order valence-electron chi connectivity index (χ3n) is 5.07. The van der Waals surface area contributed by atoms with Crippen molar-refractivity contribution in [3.8, 4) is 5.75 Å². The number of anilines is 1. The zero-order valence-electron chi connectivity index (χ0n) is 17.2. The van der Waals surface area contributed by atoms with Crippen LogP contribution in [0.2, 0.25) is 0 Å². The topological polar surface area (TPSA) is 75.7 Å².